The molecule has 2 amide bonds. The molecule has 9 nitrogen and oxygen atoms in total. The third-order valence-electron chi connectivity index (χ3n) is 5.77. The van der Waals surface area contributed by atoms with Crippen LogP contribution in [0.3, 0.4) is 0 Å². The van der Waals surface area contributed by atoms with Gasteiger partial charge in [0, 0.05) is 48.8 Å². The number of anilines is 1. The first-order valence-corrected chi connectivity index (χ1v) is 11.7. The Morgan fingerprint density at radius 3 is 2.44 bits per heavy atom. The van der Waals surface area contributed by atoms with E-state index in [0.29, 0.717) is 41.0 Å². The largest absolute Gasteiger partial charge is 0.444 e. The van der Waals surface area contributed by atoms with Crippen molar-refractivity contribution in [1.29, 1.82) is 0 Å². The predicted molar refractivity (Wildman–Crippen MR) is 131 cm³/mol. The second-order valence-electron chi connectivity index (χ2n) is 10.3. The monoisotopic (exact) mass is 500 g/mol. The number of alkyl carbamates (subject to hydrolysis) is 1. The van der Waals surface area contributed by atoms with E-state index in [1.807, 2.05) is 10.8 Å². The van der Waals surface area contributed by atoms with E-state index in [4.69, 9.17) is 4.74 Å². The van der Waals surface area contributed by atoms with Crippen molar-refractivity contribution in [1.82, 2.24) is 24.8 Å². The summed E-state index contributed by atoms with van der Waals surface area (Å²) in [5.74, 6) is -3.68. The molecule has 192 valence electrons. The van der Waals surface area contributed by atoms with Gasteiger partial charge in [-0.1, -0.05) is 0 Å². The molecule has 11 heteroatoms. The van der Waals surface area contributed by atoms with Crippen molar-refractivity contribution in [2.45, 2.75) is 78.0 Å². The van der Waals surface area contributed by atoms with Gasteiger partial charge in [-0.2, -0.15) is 8.78 Å². The highest BCUT2D eigenvalue weighted by Gasteiger charge is 2.34. The second-order valence-corrected chi connectivity index (χ2v) is 10.3. The average Bonchev–Trinajstić information content (AvgIpc) is 3.06. The number of aryl methyl sites for hydroxylation is 1. The van der Waals surface area contributed by atoms with E-state index < -0.39 is 23.4 Å². The number of nitrogens with one attached hydrogen (secondary N) is 2. The fourth-order valence-corrected chi connectivity index (χ4v) is 4.21. The van der Waals surface area contributed by atoms with Crippen molar-refractivity contribution in [2.75, 3.05) is 5.32 Å². The molecule has 0 saturated heterocycles. The lowest BCUT2D eigenvalue weighted by Crippen LogP contribution is -2.46. The van der Waals surface area contributed by atoms with Gasteiger partial charge in [-0.3, -0.25) is 4.79 Å². The van der Waals surface area contributed by atoms with Crippen molar-refractivity contribution in [2.24, 2.45) is 0 Å². The van der Waals surface area contributed by atoms with Gasteiger partial charge in [-0.25, -0.2) is 19.7 Å². The molecule has 0 atom stereocenters. The molecule has 2 N–H and O–H groups in total. The van der Waals surface area contributed by atoms with Crippen LogP contribution < -0.4 is 10.6 Å². The SMILES string of the molecule is CC(=O)Nc1cc2c(-c3cc(C)nc(C(C)(F)F)n3)cn(C3CC(NC(=O)OC(C)(C)C)C3)c2cn1. The van der Waals surface area contributed by atoms with Crippen molar-refractivity contribution < 1.29 is 23.1 Å². The highest BCUT2D eigenvalue weighted by atomic mass is 19.3. The van der Waals surface area contributed by atoms with Crippen molar-refractivity contribution in [3.05, 3.63) is 36.0 Å². The van der Waals surface area contributed by atoms with Crippen LogP contribution in [0, 0.1) is 6.92 Å². The zero-order valence-electron chi connectivity index (χ0n) is 21.1. The molecule has 1 fully saturated rings. The lowest BCUT2D eigenvalue weighted by atomic mass is 9.86. The van der Waals surface area contributed by atoms with Gasteiger partial charge in [0.15, 0.2) is 5.82 Å². The van der Waals surface area contributed by atoms with E-state index >= 15 is 0 Å². The molecule has 3 aromatic rings. The molecule has 1 saturated carbocycles. The van der Waals surface area contributed by atoms with Crippen LogP contribution >= 0.6 is 0 Å². The summed E-state index contributed by atoms with van der Waals surface area (Å²) in [5, 5.41) is 6.25. The Bertz CT molecular complexity index is 1320. The summed E-state index contributed by atoms with van der Waals surface area (Å²) in [7, 11) is 0. The highest BCUT2D eigenvalue weighted by molar-refractivity contribution is 5.98. The van der Waals surface area contributed by atoms with Crippen LogP contribution in [0.5, 0.6) is 0 Å². The van der Waals surface area contributed by atoms with Gasteiger partial charge < -0.3 is 19.9 Å². The summed E-state index contributed by atoms with van der Waals surface area (Å²) in [4.78, 5) is 36.1. The summed E-state index contributed by atoms with van der Waals surface area (Å²) in [5.41, 5.74) is 1.57. The number of nitrogens with zero attached hydrogens (tertiary/aromatic N) is 4. The first kappa shape index (κ1) is 25.5. The van der Waals surface area contributed by atoms with Crippen LogP contribution in [0.2, 0.25) is 0 Å². The van der Waals surface area contributed by atoms with Crippen molar-refractivity contribution in [3.63, 3.8) is 0 Å². The zero-order valence-corrected chi connectivity index (χ0v) is 21.1. The van der Waals surface area contributed by atoms with E-state index in [0.717, 1.165) is 12.4 Å². The Morgan fingerprint density at radius 2 is 1.83 bits per heavy atom. The molecule has 3 heterocycles. The van der Waals surface area contributed by atoms with Gasteiger partial charge in [-0.05, 0) is 52.7 Å². The fourth-order valence-electron chi connectivity index (χ4n) is 4.21. The number of alkyl halides is 2. The number of amides is 2. The van der Waals surface area contributed by atoms with Gasteiger partial charge in [0.25, 0.3) is 0 Å². The Kier molecular flexibility index (Phi) is 6.44. The summed E-state index contributed by atoms with van der Waals surface area (Å²) >= 11 is 0. The summed E-state index contributed by atoms with van der Waals surface area (Å²) in [6, 6.07) is 3.35. The molecule has 1 aliphatic carbocycles. The molecule has 36 heavy (non-hydrogen) atoms. The Labute approximate surface area is 207 Å². The van der Waals surface area contributed by atoms with Gasteiger partial charge in [0.1, 0.15) is 11.4 Å². The maximum atomic E-state index is 14.1. The van der Waals surface area contributed by atoms with Gasteiger partial charge in [0.05, 0.1) is 17.4 Å². The van der Waals surface area contributed by atoms with E-state index in [-0.39, 0.29) is 18.0 Å². The molecular weight excluding hydrogens is 470 g/mol. The maximum absolute atomic E-state index is 14.1. The van der Waals surface area contributed by atoms with Crippen LogP contribution in [0.4, 0.5) is 19.4 Å². The molecule has 0 bridgehead atoms. The molecule has 0 spiro atoms. The minimum atomic E-state index is -3.20. The molecule has 4 rings (SSSR count). The van der Waals surface area contributed by atoms with Crippen molar-refractivity contribution >= 4 is 28.7 Å². The second kappa shape index (κ2) is 9.11. The van der Waals surface area contributed by atoms with E-state index in [9.17, 15) is 18.4 Å². The molecule has 0 aromatic carbocycles. The zero-order chi connectivity index (χ0) is 26.4. The number of ether oxygens (including phenoxy) is 1. The van der Waals surface area contributed by atoms with Crippen LogP contribution in [-0.4, -0.2) is 43.2 Å². The summed E-state index contributed by atoms with van der Waals surface area (Å²) in [6.45, 7) is 9.21. The number of hydrogen-bond donors (Lipinski definition) is 2. The number of halogens is 2. The summed E-state index contributed by atoms with van der Waals surface area (Å²) < 4.78 is 35.5. The number of hydrogen-bond acceptors (Lipinski definition) is 6. The number of pyridine rings is 1. The predicted octanol–water partition coefficient (Wildman–Crippen LogP) is 5.10. The molecular formula is C25H30F2N6O3. The highest BCUT2D eigenvalue weighted by Crippen LogP contribution is 2.40. The standard InChI is InChI=1S/C25H30F2N6O3/c1-13-7-19(32-22(29-13)25(6,26)27)18-12-33(20-11-28-21(10-17(18)20)30-14(2)34)16-8-15(9-16)31-23(35)36-24(3,4)5/h7,10-12,15-16H,8-9H2,1-6H3,(H,31,35)(H,28,30,34). The van der Waals surface area contributed by atoms with E-state index in [1.54, 1.807) is 46.0 Å². The Hall–Kier alpha value is -3.63. The normalized spacial score (nSPS) is 18.0. The molecule has 0 aliphatic heterocycles. The Morgan fingerprint density at radius 1 is 1.14 bits per heavy atom. The number of fused-ring (bicyclic) bond motifs is 1. The molecule has 1 aliphatic rings. The number of rotatable bonds is 5. The molecule has 0 unspecified atom stereocenters. The third kappa shape index (κ3) is 5.60. The van der Waals surface area contributed by atoms with Crippen LogP contribution in [-0.2, 0) is 15.5 Å². The average molecular weight is 501 g/mol. The maximum Gasteiger partial charge on any atom is 0.407 e. The quantitative estimate of drug-likeness (QED) is 0.504. The fraction of sp³-hybridized carbons (Fsp3) is 0.480. The smallest absolute Gasteiger partial charge is 0.407 e. The Balaban J connectivity index is 1.69. The number of carbonyl (C=O) groups excluding carboxylic acids is 2. The third-order valence-corrected chi connectivity index (χ3v) is 5.77. The molecule has 0 radical (unpaired) electrons. The van der Waals surface area contributed by atoms with Gasteiger partial charge >= 0.3 is 12.0 Å². The van der Waals surface area contributed by atoms with Crippen LogP contribution in [0.15, 0.2) is 24.5 Å². The van der Waals surface area contributed by atoms with Crippen molar-refractivity contribution in [3.8, 4) is 11.3 Å². The van der Waals surface area contributed by atoms with Gasteiger partial charge in [0.2, 0.25) is 5.91 Å². The van der Waals surface area contributed by atoms with E-state index in [2.05, 4.69) is 25.6 Å². The van der Waals surface area contributed by atoms with Gasteiger partial charge in [-0.15, -0.1) is 0 Å². The minimum absolute atomic E-state index is 0.0459. The minimum Gasteiger partial charge on any atom is -0.444 e. The number of carbonyl (C=O) groups is 2. The van der Waals surface area contributed by atoms with Crippen LogP contribution in [0.25, 0.3) is 22.2 Å². The van der Waals surface area contributed by atoms with Crippen LogP contribution in [0.1, 0.15) is 65.0 Å². The lowest BCUT2D eigenvalue weighted by molar-refractivity contribution is -0.114. The first-order chi connectivity index (χ1) is 16.7. The molecule has 3 aromatic heterocycles. The van der Waals surface area contributed by atoms with E-state index in [1.165, 1.54) is 6.92 Å². The topological polar surface area (TPSA) is 111 Å². The number of aromatic nitrogens is 4. The lowest BCUT2D eigenvalue weighted by Gasteiger charge is -2.37. The summed E-state index contributed by atoms with van der Waals surface area (Å²) in [6.07, 6.45) is 4.36. The first-order valence-electron chi connectivity index (χ1n) is 11.7.